The molecule has 3 aromatic rings. The molecular weight excluding hydrogens is 307 g/mol. The van der Waals surface area contributed by atoms with Crippen LogP contribution in [0.2, 0.25) is 0 Å². The summed E-state index contributed by atoms with van der Waals surface area (Å²) in [6.45, 7) is 0. The van der Waals surface area contributed by atoms with Gasteiger partial charge in [0, 0.05) is 11.1 Å². The second-order valence-electron chi connectivity index (χ2n) is 5.19. The molecule has 24 heavy (non-hydrogen) atoms. The molecule has 0 bridgehead atoms. The molecule has 0 aliphatic carbocycles. The highest BCUT2D eigenvalue weighted by Crippen LogP contribution is 2.32. The van der Waals surface area contributed by atoms with Gasteiger partial charge in [0.15, 0.2) is 0 Å². The van der Waals surface area contributed by atoms with Crippen molar-refractivity contribution in [2.24, 2.45) is 0 Å². The molecule has 118 valence electrons. The Morgan fingerprint density at radius 2 is 1.29 bits per heavy atom. The van der Waals surface area contributed by atoms with E-state index in [1.54, 1.807) is 24.3 Å². The second-order valence-corrected chi connectivity index (χ2v) is 5.19. The van der Waals surface area contributed by atoms with E-state index < -0.39 is 5.82 Å². The van der Waals surface area contributed by atoms with Gasteiger partial charge in [-0.1, -0.05) is 24.0 Å². The monoisotopic (exact) mass is 320 g/mol. The van der Waals surface area contributed by atoms with Gasteiger partial charge < -0.3 is 15.3 Å². The smallest absolute Gasteiger partial charge is 0.139 e. The maximum absolute atomic E-state index is 14.3. The Bertz CT molecular complexity index is 934. The summed E-state index contributed by atoms with van der Waals surface area (Å²) in [5, 5.41) is 28.7. The topological polar surface area (TPSA) is 60.7 Å². The summed E-state index contributed by atoms with van der Waals surface area (Å²) < 4.78 is 14.3. The molecule has 0 aromatic heterocycles. The Labute approximate surface area is 138 Å². The summed E-state index contributed by atoms with van der Waals surface area (Å²) >= 11 is 0. The first-order valence-corrected chi connectivity index (χ1v) is 7.16. The van der Waals surface area contributed by atoms with Gasteiger partial charge in [0.25, 0.3) is 0 Å². The highest BCUT2D eigenvalue weighted by molar-refractivity contribution is 5.72. The highest BCUT2D eigenvalue weighted by atomic mass is 19.1. The van der Waals surface area contributed by atoms with Crippen LogP contribution in [0, 0.1) is 17.7 Å². The lowest BCUT2D eigenvalue weighted by Crippen LogP contribution is -1.88. The molecule has 0 unspecified atom stereocenters. The zero-order valence-electron chi connectivity index (χ0n) is 12.5. The van der Waals surface area contributed by atoms with E-state index in [0.29, 0.717) is 16.7 Å². The lowest BCUT2D eigenvalue weighted by Gasteiger charge is -2.06. The van der Waals surface area contributed by atoms with Gasteiger partial charge >= 0.3 is 0 Å². The van der Waals surface area contributed by atoms with Crippen LogP contribution in [0.1, 0.15) is 11.1 Å². The van der Waals surface area contributed by atoms with Crippen LogP contribution in [-0.2, 0) is 0 Å². The van der Waals surface area contributed by atoms with Crippen molar-refractivity contribution in [1.29, 1.82) is 0 Å². The number of halogens is 1. The summed E-state index contributed by atoms with van der Waals surface area (Å²) in [5.41, 5.74) is 1.60. The lowest BCUT2D eigenvalue weighted by atomic mass is 10.0. The Hall–Kier alpha value is -3.45. The van der Waals surface area contributed by atoms with E-state index >= 15 is 0 Å². The zero-order valence-corrected chi connectivity index (χ0v) is 12.5. The average molecular weight is 320 g/mol. The molecule has 3 aromatic carbocycles. The zero-order chi connectivity index (χ0) is 17.1. The Morgan fingerprint density at radius 1 is 0.708 bits per heavy atom. The van der Waals surface area contributed by atoms with Gasteiger partial charge in [-0.15, -0.1) is 0 Å². The minimum Gasteiger partial charge on any atom is -0.508 e. The Morgan fingerprint density at radius 3 is 1.92 bits per heavy atom. The molecule has 0 heterocycles. The number of aromatic hydroxyl groups is 3. The normalized spacial score (nSPS) is 10.0. The maximum atomic E-state index is 14.3. The van der Waals surface area contributed by atoms with E-state index in [1.807, 2.05) is 0 Å². The molecule has 0 saturated carbocycles. The molecule has 0 aliphatic heterocycles. The van der Waals surface area contributed by atoms with Gasteiger partial charge in [-0.2, -0.15) is 0 Å². The quantitative estimate of drug-likeness (QED) is 0.594. The summed E-state index contributed by atoms with van der Waals surface area (Å²) in [5.74, 6) is 5.01. The van der Waals surface area contributed by atoms with Crippen molar-refractivity contribution in [3.8, 4) is 40.2 Å². The third-order valence-electron chi connectivity index (χ3n) is 3.47. The van der Waals surface area contributed by atoms with Crippen molar-refractivity contribution in [3.63, 3.8) is 0 Å². The van der Waals surface area contributed by atoms with Crippen molar-refractivity contribution >= 4 is 0 Å². The SMILES string of the molecule is Oc1ccc(C#Cc2cc(O)c(-c3ccc(O)cc3)cc2F)cc1. The van der Waals surface area contributed by atoms with Crippen LogP contribution < -0.4 is 0 Å². The van der Waals surface area contributed by atoms with Crippen LogP contribution in [0.25, 0.3) is 11.1 Å². The van der Waals surface area contributed by atoms with Gasteiger partial charge in [-0.05, 0) is 54.1 Å². The molecule has 0 saturated heterocycles. The van der Waals surface area contributed by atoms with Gasteiger partial charge in [0.2, 0.25) is 0 Å². The van der Waals surface area contributed by atoms with Crippen LogP contribution in [0.3, 0.4) is 0 Å². The molecular formula is C20H13FO3. The van der Waals surface area contributed by atoms with Gasteiger partial charge in [-0.25, -0.2) is 4.39 Å². The van der Waals surface area contributed by atoms with Crippen LogP contribution >= 0.6 is 0 Å². The summed E-state index contributed by atoms with van der Waals surface area (Å²) in [7, 11) is 0. The fraction of sp³-hybridized carbons (Fsp3) is 0. The van der Waals surface area contributed by atoms with Gasteiger partial charge in [0.05, 0.1) is 5.56 Å². The molecule has 0 amide bonds. The average Bonchev–Trinajstić information content (AvgIpc) is 2.57. The first kappa shape index (κ1) is 15.4. The minimum atomic E-state index is -0.554. The summed E-state index contributed by atoms with van der Waals surface area (Å²) in [4.78, 5) is 0. The van der Waals surface area contributed by atoms with Crippen molar-refractivity contribution < 1.29 is 19.7 Å². The first-order chi connectivity index (χ1) is 11.5. The molecule has 0 spiro atoms. The predicted octanol–water partition coefficient (Wildman–Crippen LogP) is 4.01. The number of rotatable bonds is 1. The largest absolute Gasteiger partial charge is 0.508 e. The number of hydrogen-bond acceptors (Lipinski definition) is 3. The van der Waals surface area contributed by atoms with Gasteiger partial charge in [0.1, 0.15) is 23.1 Å². The van der Waals surface area contributed by atoms with E-state index in [-0.39, 0.29) is 22.8 Å². The van der Waals surface area contributed by atoms with E-state index in [1.165, 1.54) is 36.4 Å². The maximum Gasteiger partial charge on any atom is 0.139 e. The van der Waals surface area contributed by atoms with Crippen LogP contribution in [0.4, 0.5) is 4.39 Å². The first-order valence-electron chi connectivity index (χ1n) is 7.16. The predicted molar refractivity (Wildman–Crippen MR) is 89.3 cm³/mol. The molecule has 0 fully saturated rings. The lowest BCUT2D eigenvalue weighted by molar-refractivity contribution is 0.473. The Balaban J connectivity index is 1.96. The molecule has 0 atom stereocenters. The highest BCUT2D eigenvalue weighted by Gasteiger charge is 2.10. The third kappa shape index (κ3) is 3.31. The van der Waals surface area contributed by atoms with Crippen molar-refractivity contribution in [1.82, 2.24) is 0 Å². The van der Waals surface area contributed by atoms with E-state index in [2.05, 4.69) is 11.8 Å². The number of hydrogen-bond donors (Lipinski definition) is 3. The van der Waals surface area contributed by atoms with Crippen LogP contribution in [0.5, 0.6) is 17.2 Å². The number of benzene rings is 3. The number of phenols is 3. The molecule has 3 N–H and O–H groups in total. The van der Waals surface area contributed by atoms with Gasteiger partial charge in [-0.3, -0.25) is 0 Å². The van der Waals surface area contributed by atoms with E-state index in [0.717, 1.165) is 0 Å². The standard InChI is InChI=1S/C20H13FO3/c21-19-12-18(14-5-9-17(23)10-6-14)20(24)11-15(19)4-1-13-2-7-16(22)8-3-13/h2-3,5-12,22-24H. The summed E-state index contributed by atoms with van der Waals surface area (Å²) in [6, 6.07) is 14.8. The molecule has 0 aliphatic rings. The molecule has 3 rings (SSSR count). The second kappa shape index (κ2) is 6.35. The number of phenolic OH excluding ortho intramolecular Hbond substituents is 3. The molecule has 3 nitrogen and oxygen atoms in total. The Kier molecular flexibility index (Phi) is 4.09. The van der Waals surface area contributed by atoms with E-state index in [9.17, 15) is 19.7 Å². The fourth-order valence-corrected chi connectivity index (χ4v) is 2.21. The van der Waals surface area contributed by atoms with Crippen LogP contribution in [-0.4, -0.2) is 15.3 Å². The third-order valence-corrected chi connectivity index (χ3v) is 3.47. The van der Waals surface area contributed by atoms with Crippen molar-refractivity contribution in [2.45, 2.75) is 0 Å². The minimum absolute atomic E-state index is 0.0723. The fourth-order valence-electron chi connectivity index (χ4n) is 2.21. The van der Waals surface area contributed by atoms with E-state index in [4.69, 9.17) is 0 Å². The summed E-state index contributed by atoms with van der Waals surface area (Å²) in [6.07, 6.45) is 0. The van der Waals surface area contributed by atoms with Crippen molar-refractivity contribution in [2.75, 3.05) is 0 Å². The van der Waals surface area contributed by atoms with Crippen LogP contribution in [0.15, 0.2) is 60.7 Å². The molecule has 4 heteroatoms. The molecule has 0 radical (unpaired) electrons. The van der Waals surface area contributed by atoms with Crippen molar-refractivity contribution in [3.05, 3.63) is 77.6 Å².